The third-order valence-electron chi connectivity index (χ3n) is 6.64. The number of amides is 1. The van der Waals surface area contributed by atoms with Crippen LogP contribution in [0.15, 0.2) is 49.1 Å². The molecule has 0 spiro atoms. The van der Waals surface area contributed by atoms with E-state index in [2.05, 4.69) is 37.4 Å². The summed E-state index contributed by atoms with van der Waals surface area (Å²) in [6.45, 7) is 3.87. The minimum absolute atomic E-state index is 0. The van der Waals surface area contributed by atoms with E-state index in [4.69, 9.17) is 0 Å². The van der Waals surface area contributed by atoms with Gasteiger partial charge in [-0.15, -0.1) is 12.4 Å². The maximum atomic E-state index is 14.5. The van der Waals surface area contributed by atoms with Crippen LogP contribution in [0.5, 0.6) is 0 Å². The minimum atomic E-state index is -0.502. The second kappa shape index (κ2) is 8.85. The van der Waals surface area contributed by atoms with E-state index in [0.29, 0.717) is 5.92 Å². The summed E-state index contributed by atoms with van der Waals surface area (Å²) in [5.74, 6) is 0.465. The van der Waals surface area contributed by atoms with E-state index >= 15 is 0 Å². The van der Waals surface area contributed by atoms with Crippen molar-refractivity contribution in [3.63, 3.8) is 0 Å². The van der Waals surface area contributed by atoms with Crippen LogP contribution in [0, 0.1) is 12.7 Å². The Morgan fingerprint density at radius 3 is 2.79 bits per heavy atom. The first-order chi connectivity index (χ1) is 16.1. The molecule has 0 bridgehead atoms. The molecule has 3 aromatic heterocycles. The van der Waals surface area contributed by atoms with Gasteiger partial charge in [-0.2, -0.15) is 5.10 Å². The molecule has 4 aromatic rings. The molecule has 1 amide bonds. The SMILES string of the molecule is Cc1cc(F)c(C(=O)NC2CC2)cc1-c1cnn(-c2cnc3ccc(C4CCNC4)cn23)c1.Cl. The predicted octanol–water partition coefficient (Wildman–Crippen LogP) is 4.03. The van der Waals surface area contributed by atoms with Crippen LogP contribution in [0.4, 0.5) is 4.39 Å². The zero-order valence-corrected chi connectivity index (χ0v) is 19.6. The van der Waals surface area contributed by atoms with Crippen molar-refractivity contribution < 1.29 is 9.18 Å². The molecule has 34 heavy (non-hydrogen) atoms. The first-order valence-corrected chi connectivity index (χ1v) is 11.4. The predicted molar refractivity (Wildman–Crippen MR) is 130 cm³/mol. The zero-order chi connectivity index (χ0) is 22.5. The average Bonchev–Trinajstić information content (AvgIpc) is 3.22. The van der Waals surface area contributed by atoms with Gasteiger partial charge in [0.25, 0.3) is 5.91 Å². The number of nitrogens with one attached hydrogen (secondary N) is 2. The van der Waals surface area contributed by atoms with E-state index in [9.17, 15) is 9.18 Å². The normalized spacial score (nSPS) is 17.6. The van der Waals surface area contributed by atoms with Crippen LogP contribution in [-0.4, -0.2) is 44.2 Å². The van der Waals surface area contributed by atoms with Crippen LogP contribution in [-0.2, 0) is 0 Å². The molecule has 9 heteroatoms. The summed E-state index contributed by atoms with van der Waals surface area (Å²) >= 11 is 0. The molecule has 6 rings (SSSR count). The summed E-state index contributed by atoms with van der Waals surface area (Å²) in [5.41, 5.74) is 4.56. The number of aryl methyl sites for hydroxylation is 1. The Morgan fingerprint density at radius 1 is 1.18 bits per heavy atom. The summed E-state index contributed by atoms with van der Waals surface area (Å²) < 4.78 is 18.4. The van der Waals surface area contributed by atoms with Gasteiger partial charge in [0.05, 0.1) is 18.0 Å². The van der Waals surface area contributed by atoms with Crippen molar-refractivity contribution in [3.8, 4) is 16.9 Å². The Morgan fingerprint density at radius 2 is 2.03 bits per heavy atom. The van der Waals surface area contributed by atoms with Gasteiger partial charge in [-0.05, 0) is 73.5 Å². The monoisotopic (exact) mass is 480 g/mol. The van der Waals surface area contributed by atoms with Gasteiger partial charge < -0.3 is 10.6 Å². The third kappa shape index (κ3) is 4.08. The van der Waals surface area contributed by atoms with Crippen LogP contribution in [0.25, 0.3) is 22.6 Å². The van der Waals surface area contributed by atoms with E-state index in [1.165, 1.54) is 11.6 Å². The third-order valence-corrected chi connectivity index (χ3v) is 6.64. The summed E-state index contributed by atoms with van der Waals surface area (Å²) in [6, 6.07) is 7.41. The lowest BCUT2D eigenvalue weighted by Gasteiger charge is -2.10. The van der Waals surface area contributed by atoms with Gasteiger partial charge in [-0.3, -0.25) is 9.20 Å². The van der Waals surface area contributed by atoms with E-state index in [-0.39, 0.29) is 29.9 Å². The van der Waals surface area contributed by atoms with Gasteiger partial charge in [0, 0.05) is 30.5 Å². The molecule has 1 atom stereocenters. The van der Waals surface area contributed by atoms with Gasteiger partial charge in [0.1, 0.15) is 11.5 Å². The number of hydrogen-bond acceptors (Lipinski definition) is 4. The van der Waals surface area contributed by atoms with Crippen LogP contribution < -0.4 is 10.6 Å². The Labute approximate surface area is 202 Å². The number of imidazole rings is 1. The van der Waals surface area contributed by atoms with E-state index < -0.39 is 5.82 Å². The summed E-state index contributed by atoms with van der Waals surface area (Å²) in [6.07, 6.45) is 10.6. The summed E-state index contributed by atoms with van der Waals surface area (Å²) in [7, 11) is 0. The number of hydrogen-bond donors (Lipinski definition) is 2. The molecule has 1 aliphatic heterocycles. The number of fused-ring (bicyclic) bond motifs is 1. The molecule has 1 saturated heterocycles. The van der Waals surface area contributed by atoms with Crippen LogP contribution in [0.1, 0.15) is 46.7 Å². The van der Waals surface area contributed by atoms with Crippen LogP contribution in [0.2, 0.25) is 0 Å². The number of carbonyl (C=O) groups excluding carboxylic acids is 1. The summed E-state index contributed by atoms with van der Waals surface area (Å²) in [4.78, 5) is 17.0. The number of halogens is 2. The van der Waals surface area contributed by atoms with Crippen molar-refractivity contribution in [2.24, 2.45) is 0 Å². The molecule has 1 saturated carbocycles. The summed E-state index contributed by atoms with van der Waals surface area (Å²) in [5, 5.41) is 10.8. The Bertz CT molecular complexity index is 1370. The number of rotatable bonds is 5. The highest BCUT2D eigenvalue weighted by atomic mass is 35.5. The van der Waals surface area contributed by atoms with Crippen molar-refractivity contribution in [3.05, 3.63) is 71.6 Å². The lowest BCUT2D eigenvalue weighted by molar-refractivity contribution is 0.0947. The van der Waals surface area contributed by atoms with Crippen molar-refractivity contribution in [1.29, 1.82) is 0 Å². The largest absolute Gasteiger partial charge is 0.349 e. The lowest BCUT2D eigenvalue weighted by atomic mass is 9.99. The molecule has 7 nitrogen and oxygen atoms in total. The molecule has 176 valence electrons. The minimum Gasteiger partial charge on any atom is -0.349 e. The highest BCUT2D eigenvalue weighted by Gasteiger charge is 2.26. The maximum absolute atomic E-state index is 14.5. The molecular weight excluding hydrogens is 455 g/mol. The average molecular weight is 481 g/mol. The Hall–Kier alpha value is -3.23. The van der Waals surface area contributed by atoms with E-state index in [1.807, 2.05) is 19.2 Å². The van der Waals surface area contributed by atoms with Gasteiger partial charge in [0.15, 0.2) is 5.82 Å². The Kier molecular flexibility index (Phi) is 5.87. The lowest BCUT2D eigenvalue weighted by Crippen LogP contribution is -2.26. The molecule has 4 heterocycles. The number of pyridine rings is 1. The maximum Gasteiger partial charge on any atom is 0.254 e. The Balaban J connectivity index is 0.00000241. The van der Waals surface area contributed by atoms with Crippen molar-refractivity contribution in [2.45, 2.75) is 38.1 Å². The molecule has 1 aromatic carbocycles. The fourth-order valence-corrected chi connectivity index (χ4v) is 4.57. The molecule has 2 N–H and O–H groups in total. The molecule has 0 radical (unpaired) electrons. The molecule has 1 unspecified atom stereocenters. The fraction of sp³-hybridized carbons (Fsp3) is 0.320. The van der Waals surface area contributed by atoms with Gasteiger partial charge in [0.2, 0.25) is 0 Å². The smallest absolute Gasteiger partial charge is 0.254 e. The van der Waals surface area contributed by atoms with E-state index in [1.54, 1.807) is 23.1 Å². The van der Waals surface area contributed by atoms with Gasteiger partial charge in [-0.1, -0.05) is 6.07 Å². The molecule has 2 aliphatic rings. The highest BCUT2D eigenvalue weighted by Crippen LogP contribution is 2.29. The number of nitrogens with zero attached hydrogens (tertiary/aromatic N) is 4. The number of benzene rings is 1. The topological polar surface area (TPSA) is 76.2 Å². The van der Waals surface area contributed by atoms with Gasteiger partial charge in [-0.25, -0.2) is 14.1 Å². The first kappa shape index (κ1) is 22.6. The molecule has 2 fully saturated rings. The quantitative estimate of drug-likeness (QED) is 0.452. The van der Waals surface area contributed by atoms with Crippen molar-refractivity contribution in [1.82, 2.24) is 29.8 Å². The molecule has 1 aliphatic carbocycles. The van der Waals surface area contributed by atoms with Crippen LogP contribution in [0.3, 0.4) is 0 Å². The zero-order valence-electron chi connectivity index (χ0n) is 18.8. The number of carbonyl (C=O) groups is 1. The van der Waals surface area contributed by atoms with Crippen molar-refractivity contribution in [2.75, 3.05) is 13.1 Å². The standard InChI is InChI=1S/C25H25FN6O.ClH/c1-15-8-22(26)21(25(33)30-19-3-4-19)9-20(15)18-11-29-32(14-18)24-12-28-23-5-2-17(13-31(23)24)16-6-7-27-10-16;/h2,5,8-9,11-14,16,19,27H,3-4,6-7,10H2,1H3,(H,30,33);1H. The second-order valence-corrected chi connectivity index (χ2v) is 9.07. The first-order valence-electron chi connectivity index (χ1n) is 11.4. The fourth-order valence-electron chi connectivity index (χ4n) is 4.57. The van der Waals surface area contributed by atoms with Crippen LogP contribution >= 0.6 is 12.4 Å². The molecular formula is C25H26ClFN6O. The second-order valence-electron chi connectivity index (χ2n) is 9.07. The van der Waals surface area contributed by atoms with Crippen molar-refractivity contribution >= 4 is 24.0 Å². The highest BCUT2D eigenvalue weighted by molar-refractivity contribution is 5.96. The number of aromatic nitrogens is 4. The van der Waals surface area contributed by atoms with E-state index in [0.717, 1.165) is 60.5 Å². The van der Waals surface area contributed by atoms with Gasteiger partial charge >= 0.3 is 0 Å².